The minimum Gasteiger partial charge on any atom is -0.398 e. The molecule has 7 heteroatoms. The highest BCUT2D eigenvalue weighted by molar-refractivity contribution is 7.89. The lowest BCUT2D eigenvalue weighted by Gasteiger charge is -2.30. The molecule has 0 aromatic heterocycles. The van der Waals surface area contributed by atoms with Gasteiger partial charge < -0.3 is 5.73 Å². The summed E-state index contributed by atoms with van der Waals surface area (Å²) in [4.78, 5) is -0.0552. The Morgan fingerprint density at radius 3 is 2.47 bits per heavy atom. The Hall–Kier alpha value is -0.490. The van der Waals surface area contributed by atoms with Gasteiger partial charge in [0.15, 0.2) is 0 Å². The first-order chi connectivity index (χ1) is 8.82. The van der Waals surface area contributed by atoms with Crippen molar-refractivity contribution >= 4 is 38.9 Å². The Morgan fingerprint density at radius 1 is 1.37 bits per heavy atom. The second-order valence-electron chi connectivity index (χ2n) is 4.89. The summed E-state index contributed by atoms with van der Waals surface area (Å²) in [7, 11) is -2.12. The van der Waals surface area contributed by atoms with Crippen LogP contribution in [-0.4, -0.2) is 26.3 Å². The molecule has 0 unspecified atom stereocenters. The zero-order valence-electron chi connectivity index (χ0n) is 10.6. The predicted octanol–water partition coefficient (Wildman–Crippen LogP) is 3.00. The Labute approximate surface area is 123 Å². The van der Waals surface area contributed by atoms with Crippen LogP contribution < -0.4 is 5.73 Å². The van der Waals surface area contributed by atoms with Gasteiger partial charge in [-0.25, -0.2) is 12.7 Å². The van der Waals surface area contributed by atoms with Gasteiger partial charge in [-0.05, 0) is 30.9 Å². The molecule has 0 aliphatic heterocycles. The molecule has 1 fully saturated rings. The number of nitrogen functional groups attached to an aromatic ring is 1. The maximum atomic E-state index is 12.5. The average Bonchev–Trinajstić information content (AvgIpc) is 2.20. The van der Waals surface area contributed by atoms with Crippen molar-refractivity contribution < 1.29 is 8.42 Å². The van der Waals surface area contributed by atoms with Gasteiger partial charge in [-0.2, -0.15) is 0 Å². The average molecular weight is 323 g/mol. The highest BCUT2D eigenvalue weighted by Gasteiger charge is 2.30. The lowest BCUT2D eigenvalue weighted by atomic mass is 9.86. The molecule has 0 bridgehead atoms. The number of nitrogens with two attached hydrogens (primary N) is 1. The second-order valence-corrected chi connectivity index (χ2v) is 7.71. The first-order valence-corrected chi connectivity index (χ1v) is 8.23. The van der Waals surface area contributed by atoms with Crippen molar-refractivity contribution in [1.29, 1.82) is 0 Å². The zero-order valence-corrected chi connectivity index (χ0v) is 12.9. The molecular weight excluding hydrogens is 307 g/mol. The molecule has 0 radical (unpaired) electrons. The van der Waals surface area contributed by atoms with Crippen molar-refractivity contribution in [2.45, 2.75) is 24.2 Å². The molecular formula is C12H16Cl2N2O2S. The van der Waals surface area contributed by atoms with Crippen molar-refractivity contribution in [3.8, 4) is 0 Å². The number of rotatable bonds is 4. The third kappa shape index (κ3) is 2.99. The number of nitrogens with zero attached hydrogens (tertiary/aromatic N) is 1. The molecule has 2 rings (SSSR count). The minimum absolute atomic E-state index is 0.0552. The lowest BCUT2D eigenvalue weighted by molar-refractivity contribution is 0.263. The van der Waals surface area contributed by atoms with Gasteiger partial charge in [-0.3, -0.25) is 0 Å². The fourth-order valence-electron chi connectivity index (χ4n) is 2.15. The molecule has 0 spiro atoms. The maximum absolute atomic E-state index is 12.5. The summed E-state index contributed by atoms with van der Waals surface area (Å²) < 4.78 is 26.3. The van der Waals surface area contributed by atoms with Crippen LogP contribution in [0.25, 0.3) is 0 Å². The molecule has 1 aromatic rings. The van der Waals surface area contributed by atoms with Gasteiger partial charge in [0.1, 0.15) is 4.90 Å². The van der Waals surface area contributed by atoms with Gasteiger partial charge in [0.05, 0.1) is 10.7 Å². The standard InChI is InChI=1S/C12H16Cl2N2O2S/c1-16(7-8-3-2-4-8)19(17,18)12-10(14)5-9(13)6-11(12)15/h5-6,8H,2-4,7,15H2,1H3. The van der Waals surface area contributed by atoms with Crippen molar-refractivity contribution in [3.63, 3.8) is 0 Å². The number of halogens is 2. The van der Waals surface area contributed by atoms with E-state index >= 15 is 0 Å². The van der Waals surface area contributed by atoms with Gasteiger partial charge in [0.25, 0.3) is 0 Å². The summed E-state index contributed by atoms with van der Waals surface area (Å²) in [6.45, 7) is 0.501. The predicted molar refractivity (Wildman–Crippen MR) is 78.0 cm³/mol. The van der Waals surface area contributed by atoms with E-state index in [0.29, 0.717) is 17.5 Å². The molecule has 1 aliphatic carbocycles. The van der Waals surface area contributed by atoms with E-state index in [-0.39, 0.29) is 15.6 Å². The molecule has 0 heterocycles. The van der Waals surface area contributed by atoms with Gasteiger partial charge >= 0.3 is 0 Å². The van der Waals surface area contributed by atoms with Crippen LogP contribution >= 0.6 is 23.2 Å². The van der Waals surface area contributed by atoms with Crippen molar-refractivity contribution in [3.05, 3.63) is 22.2 Å². The van der Waals surface area contributed by atoms with Crippen molar-refractivity contribution in [2.24, 2.45) is 5.92 Å². The van der Waals surface area contributed by atoms with Crippen LogP contribution in [0.5, 0.6) is 0 Å². The van der Waals surface area contributed by atoms with Crippen LogP contribution in [0.2, 0.25) is 10.0 Å². The largest absolute Gasteiger partial charge is 0.398 e. The van der Waals surface area contributed by atoms with E-state index in [1.807, 2.05) is 0 Å². The lowest BCUT2D eigenvalue weighted by Crippen LogP contribution is -2.34. The van der Waals surface area contributed by atoms with Gasteiger partial charge in [0.2, 0.25) is 10.0 Å². The smallest absolute Gasteiger partial charge is 0.246 e. The molecule has 19 heavy (non-hydrogen) atoms. The number of benzene rings is 1. The third-order valence-electron chi connectivity index (χ3n) is 3.45. The summed E-state index contributed by atoms with van der Waals surface area (Å²) in [5.41, 5.74) is 5.83. The van der Waals surface area contributed by atoms with E-state index in [1.165, 1.54) is 22.9 Å². The Morgan fingerprint density at radius 2 is 2.00 bits per heavy atom. The van der Waals surface area contributed by atoms with Crippen LogP contribution in [0.3, 0.4) is 0 Å². The van der Waals surface area contributed by atoms with Crippen LogP contribution in [-0.2, 0) is 10.0 Å². The van der Waals surface area contributed by atoms with Crippen LogP contribution in [0.4, 0.5) is 5.69 Å². The molecule has 2 N–H and O–H groups in total. The Kier molecular flexibility index (Phi) is 4.30. The molecule has 4 nitrogen and oxygen atoms in total. The maximum Gasteiger partial charge on any atom is 0.246 e. The number of hydrogen-bond acceptors (Lipinski definition) is 3. The highest BCUT2D eigenvalue weighted by Crippen LogP contribution is 2.34. The Bertz CT molecular complexity index is 562. The molecule has 106 valence electrons. The van der Waals surface area contributed by atoms with E-state index < -0.39 is 10.0 Å². The normalized spacial score (nSPS) is 16.6. The molecule has 0 atom stereocenters. The minimum atomic E-state index is -3.67. The van der Waals surface area contributed by atoms with Crippen LogP contribution in [0.15, 0.2) is 17.0 Å². The van der Waals surface area contributed by atoms with E-state index in [1.54, 1.807) is 7.05 Å². The molecule has 1 aliphatic rings. The van der Waals surface area contributed by atoms with Gasteiger partial charge in [0, 0.05) is 18.6 Å². The SMILES string of the molecule is CN(CC1CCC1)S(=O)(=O)c1c(N)cc(Cl)cc1Cl. The van der Waals surface area contributed by atoms with E-state index in [4.69, 9.17) is 28.9 Å². The van der Waals surface area contributed by atoms with Crippen molar-refractivity contribution in [1.82, 2.24) is 4.31 Å². The van der Waals surface area contributed by atoms with E-state index in [0.717, 1.165) is 12.8 Å². The number of sulfonamides is 1. The van der Waals surface area contributed by atoms with E-state index in [9.17, 15) is 8.42 Å². The van der Waals surface area contributed by atoms with Crippen molar-refractivity contribution in [2.75, 3.05) is 19.3 Å². The fraction of sp³-hybridized carbons (Fsp3) is 0.500. The quantitative estimate of drug-likeness (QED) is 0.867. The summed E-state index contributed by atoms with van der Waals surface area (Å²) in [6, 6.07) is 2.79. The summed E-state index contributed by atoms with van der Waals surface area (Å²) in [6.07, 6.45) is 3.32. The summed E-state index contributed by atoms with van der Waals surface area (Å²) in [5.74, 6) is 0.437. The monoisotopic (exact) mass is 322 g/mol. The number of anilines is 1. The topological polar surface area (TPSA) is 63.4 Å². The van der Waals surface area contributed by atoms with E-state index in [2.05, 4.69) is 0 Å². The zero-order chi connectivity index (χ0) is 14.2. The number of hydrogen-bond donors (Lipinski definition) is 1. The molecule has 0 amide bonds. The summed E-state index contributed by atoms with van der Waals surface area (Å²) >= 11 is 11.8. The fourth-order valence-corrected chi connectivity index (χ4v) is 4.33. The Balaban J connectivity index is 2.33. The first-order valence-electron chi connectivity index (χ1n) is 6.03. The summed E-state index contributed by atoms with van der Waals surface area (Å²) in [5, 5.41) is 0.383. The third-order valence-corrected chi connectivity index (χ3v) is 6.02. The van der Waals surface area contributed by atoms with Crippen LogP contribution in [0, 0.1) is 5.92 Å². The highest BCUT2D eigenvalue weighted by atomic mass is 35.5. The van der Waals surface area contributed by atoms with Crippen LogP contribution in [0.1, 0.15) is 19.3 Å². The molecule has 1 saturated carbocycles. The molecule has 0 saturated heterocycles. The van der Waals surface area contributed by atoms with Gasteiger partial charge in [-0.1, -0.05) is 29.6 Å². The van der Waals surface area contributed by atoms with Gasteiger partial charge in [-0.15, -0.1) is 0 Å². The molecule has 1 aromatic carbocycles. The first kappa shape index (κ1) is 14.9. The second kappa shape index (κ2) is 5.48.